The Kier molecular flexibility index (Phi) is 3.73. The Bertz CT molecular complexity index is 1040. The number of fused-ring (bicyclic) bond motifs is 2. The molecule has 0 atom stereocenters. The van der Waals surface area contributed by atoms with Crippen molar-refractivity contribution in [1.29, 1.82) is 0 Å². The number of rotatable bonds is 4. The lowest BCUT2D eigenvalue weighted by molar-refractivity contribution is 0.174. The van der Waals surface area contributed by atoms with E-state index in [1.165, 1.54) is 9.08 Å². The van der Waals surface area contributed by atoms with Gasteiger partial charge in [-0.2, -0.15) is 0 Å². The van der Waals surface area contributed by atoms with Gasteiger partial charge in [0.05, 0.1) is 12.9 Å². The minimum Gasteiger partial charge on any atom is -0.454 e. The molecule has 0 saturated heterocycles. The highest BCUT2D eigenvalue weighted by Crippen LogP contribution is 2.35. The quantitative estimate of drug-likeness (QED) is 0.780. The molecule has 0 aliphatic carbocycles. The molecular weight excluding hydrogens is 327 g/mol. The van der Waals surface area contributed by atoms with E-state index in [1.54, 1.807) is 12.3 Å². The summed E-state index contributed by atoms with van der Waals surface area (Å²) in [6.45, 7) is 0.259. The van der Waals surface area contributed by atoms with Crippen LogP contribution in [0, 0.1) is 0 Å². The molecule has 0 bridgehead atoms. The predicted octanol–water partition coefficient (Wildman–Crippen LogP) is 1.70. The first kappa shape index (κ1) is 15.4. The molecule has 7 nitrogen and oxygen atoms in total. The maximum atomic E-state index is 12.7. The summed E-state index contributed by atoms with van der Waals surface area (Å²) in [5, 5.41) is 4.25. The lowest BCUT2D eigenvalue weighted by Gasteiger charge is -2.03. The van der Waals surface area contributed by atoms with Gasteiger partial charge in [0, 0.05) is 12.7 Å². The van der Waals surface area contributed by atoms with Crippen molar-refractivity contribution < 1.29 is 13.9 Å². The van der Waals surface area contributed by atoms with E-state index in [2.05, 4.69) is 5.10 Å². The third-order valence-electron chi connectivity index (χ3n) is 4.06. The van der Waals surface area contributed by atoms with E-state index < -0.39 is 0 Å². The Labute approximate surface area is 141 Å². The van der Waals surface area contributed by atoms with Crippen LogP contribution in [-0.4, -0.2) is 27.5 Å². The number of ether oxygens (including phenoxy) is 2. The molecule has 128 valence electrons. The van der Waals surface area contributed by atoms with Gasteiger partial charge in [0.1, 0.15) is 0 Å². The van der Waals surface area contributed by atoms with Crippen molar-refractivity contribution in [1.82, 2.24) is 14.2 Å². The van der Waals surface area contributed by atoms with Crippen LogP contribution in [0.15, 0.2) is 53.2 Å². The van der Waals surface area contributed by atoms with Crippen molar-refractivity contribution in [2.75, 3.05) is 13.3 Å². The third kappa shape index (κ3) is 2.66. The number of hydrogen-bond acceptors (Lipinski definition) is 5. The lowest BCUT2D eigenvalue weighted by Crippen LogP contribution is -2.23. The standard InChI is InChI=1S/C17H15FN4O3/c18-7-11(8-19)9-22-17(23)21-4-3-13(6-16(21)20-22)12-1-2-14-15(5-12)25-10-24-14/h1-7H,8-10,19H2/b11-7+. The largest absolute Gasteiger partial charge is 0.454 e. The first-order chi connectivity index (χ1) is 12.2. The van der Waals surface area contributed by atoms with Crippen LogP contribution in [0.3, 0.4) is 0 Å². The molecule has 3 heterocycles. The zero-order valence-electron chi connectivity index (χ0n) is 13.2. The summed E-state index contributed by atoms with van der Waals surface area (Å²) in [5.41, 5.74) is 7.65. The molecule has 4 rings (SSSR count). The fourth-order valence-corrected chi connectivity index (χ4v) is 2.71. The van der Waals surface area contributed by atoms with E-state index >= 15 is 0 Å². The summed E-state index contributed by atoms with van der Waals surface area (Å²) >= 11 is 0. The van der Waals surface area contributed by atoms with Crippen LogP contribution >= 0.6 is 0 Å². The molecular formula is C17H15FN4O3. The second-order valence-electron chi connectivity index (χ2n) is 5.62. The van der Waals surface area contributed by atoms with E-state index in [-0.39, 0.29) is 25.6 Å². The van der Waals surface area contributed by atoms with E-state index in [0.717, 1.165) is 11.1 Å². The summed E-state index contributed by atoms with van der Waals surface area (Å²) in [7, 11) is 0. The molecule has 0 unspecified atom stereocenters. The normalized spacial score (nSPS) is 13.6. The predicted molar refractivity (Wildman–Crippen MR) is 89.3 cm³/mol. The molecule has 0 radical (unpaired) electrons. The van der Waals surface area contributed by atoms with Crippen molar-refractivity contribution in [2.24, 2.45) is 5.73 Å². The molecule has 25 heavy (non-hydrogen) atoms. The van der Waals surface area contributed by atoms with Crippen LogP contribution in [0.5, 0.6) is 11.5 Å². The highest BCUT2D eigenvalue weighted by molar-refractivity contribution is 5.70. The third-order valence-corrected chi connectivity index (χ3v) is 4.06. The van der Waals surface area contributed by atoms with Crippen LogP contribution in [0.1, 0.15) is 0 Å². The number of nitrogens with two attached hydrogens (primary N) is 1. The van der Waals surface area contributed by atoms with Crippen molar-refractivity contribution in [3.8, 4) is 22.6 Å². The highest BCUT2D eigenvalue weighted by Gasteiger charge is 2.15. The van der Waals surface area contributed by atoms with Crippen molar-refractivity contribution in [3.63, 3.8) is 0 Å². The van der Waals surface area contributed by atoms with E-state index in [9.17, 15) is 9.18 Å². The maximum absolute atomic E-state index is 12.7. The number of halogens is 1. The second kappa shape index (κ2) is 6.06. The zero-order valence-corrected chi connectivity index (χ0v) is 13.2. The molecule has 1 aromatic carbocycles. The van der Waals surface area contributed by atoms with Gasteiger partial charge in [0.2, 0.25) is 6.79 Å². The molecule has 3 aromatic rings. The van der Waals surface area contributed by atoms with E-state index in [1.807, 2.05) is 24.3 Å². The second-order valence-corrected chi connectivity index (χ2v) is 5.62. The Hall–Kier alpha value is -3.13. The molecule has 1 aliphatic rings. The number of benzene rings is 1. The molecule has 0 saturated carbocycles. The van der Waals surface area contributed by atoms with Crippen LogP contribution in [0.4, 0.5) is 4.39 Å². The summed E-state index contributed by atoms with van der Waals surface area (Å²) in [6.07, 6.45) is 2.05. The van der Waals surface area contributed by atoms with Crippen molar-refractivity contribution in [2.45, 2.75) is 6.54 Å². The van der Waals surface area contributed by atoms with Crippen molar-refractivity contribution >= 4 is 5.65 Å². The van der Waals surface area contributed by atoms with Crippen LogP contribution in [-0.2, 0) is 6.54 Å². The monoisotopic (exact) mass is 342 g/mol. The van der Waals surface area contributed by atoms with Crippen molar-refractivity contribution in [3.05, 3.63) is 58.9 Å². The van der Waals surface area contributed by atoms with Gasteiger partial charge in [-0.15, -0.1) is 5.10 Å². The molecule has 1 aliphatic heterocycles. The molecule has 0 fully saturated rings. The molecule has 8 heteroatoms. The minimum atomic E-state index is -0.347. The van der Waals surface area contributed by atoms with Gasteiger partial charge in [-0.25, -0.2) is 13.9 Å². The zero-order chi connectivity index (χ0) is 17.4. The summed E-state index contributed by atoms with van der Waals surface area (Å²) in [6, 6.07) is 9.23. The Morgan fingerprint density at radius 3 is 2.84 bits per heavy atom. The van der Waals surface area contributed by atoms with Gasteiger partial charge in [0.25, 0.3) is 0 Å². The van der Waals surface area contributed by atoms with Gasteiger partial charge in [-0.3, -0.25) is 4.40 Å². The molecule has 2 aromatic heterocycles. The first-order valence-corrected chi connectivity index (χ1v) is 7.67. The average molecular weight is 342 g/mol. The van der Waals surface area contributed by atoms with Crippen LogP contribution in [0.2, 0.25) is 0 Å². The summed E-state index contributed by atoms with van der Waals surface area (Å²) < 4.78 is 26.0. The van der Waals surface area contributed by atoms with Crippen LogP contribution in [0.25, 0.3) is 16.8 Å². The lowest BCUT2D eigenvalue weighted by atomic mass is 10.1. The molecule has 0 spiro atoms. The average Bonchev–Trinajstić information content (AvgIpc) is 3.23. The number of nitrogens with zero attached hydrogens (tertiary/aromatic N) is 3. The molecule has 0 amide bonds. The van der Waals surface area contributed by atoms with Gasteiger partial charge in [-0.05, 0) is 41.0 Å². The van der Waals surface area contributed by atoms with Gasteiger partial charge >= 0.3 is 5.69 Å². The van der Waals surface area contributed by atoms with Gasteiger partial charge in [-0.1, -0.05) is 6.07 Å². The Morgan fingerprint density at radius 1 is 1.24 bits per heavy atom. The topological polar surface area (TPSA) is 83.8 Å². The first-order valence-electron chi connectivity index (χ1n) is 7.67. The fourth-order valence-electron chi connectivity index (χ4n) is 2.71. The Balaban J connectivity index is 1.74. The smallest absolute Gasteiger partial charge is 0.350 e. The minimum absolute atomic E-state index is 0.0207. The number of aromatic nitrogens is 3. The van der Waals surface area contributed by atoms with E-state index in [4.69, 9.17) is 15.2 Å². The van der Waals surface area contributed by atoms with E-state index in [0.29, 0.717) is 29.0 Å². The summed E-state index contributed by atoms with van der Waals surface area (Å²) in [5.74, 6) is 1.39. The fraction of sp³-hybridized carbons (Fsp3) is 0.176. The van der Waals surface area contributed by atoms with Crippen LogP contribution < -0.4 is 20.9 Å². The SMILES string of the molecule is NC/C(=C\F)Cn1nc2cc(-c3ccc4c(c3)OCO4)ccn2c1=O. The maximum Gasteiger partial charge on any atom is 0.350 e. The Morgan fingerprint density at radius 2 is 2.04 bits per heavy atom. The van der Waals surface area contributed by atoms with Gasteiger partial charge in [0.15, 0.2) is 17.1 Å². The molecule has 2 N–H and O–H groups in total. The van der Waals surface area contributed by atoms with Gasteiger partial charge < -0.3 is 15.2 Å². The number of pyridine rings is 1. The highest BCUT2D eigenvalue weighted by atomic mass is 19.1. The number of hydrogen-bond donors (Lipinski definition) is 1. The summed E-state index contributed by atoms with van der Waals surface area (Å²) in [4.78, 5) is 12.3.